The van der Waals surface area contributed by atoms with Crippen LogP contribution in [0.4, 0.5) is 5.69 Å². The minimum atomic E-state index is -0.675. The highest BCUT2D eigenvalue weighted by Crippen LogP contribution is 2.25. The standard InChI is InChI=1S/C14H12N2O2/c17-13-7-6-11(14-15-8-9-18-14)10-16(13)12-4-2-1-3-5-12/h1-10,13,17H. The van der Waals surface area contributed by atoms with Gasteiger partial charge in [-0.05, 0) is 24.3 Å². The van der Waals surface area contributed by atoms with Crippen molar-refractivity contribution in [3.05, 3.63) is 67.0 Å². The Labute approximate surface area is 104 Å². The maximum Gasteiger partial charge on any atom is 0.227 e. The highest BCUT2D eigenvalue weighted by Gasteiger charge is 2.18. The Bertz CT molecular complexity index is 573. The lowest BCUT2D eigenvalue weighted by atomic mass is 10.1. The van der Waals surface area contributed by atoms with Crippen LogP contribution < -0.4 is 4.90 Å². The molecule has 0 amide bonds. The van der Waals surface area contributed by atoms with Gasteiger partial charge in [0.2, 0.25) is 5.89 Å². The molecule has 0 aliphatic carbocycles. The molecule has 4 heteroatoms. The van der Waals surface area contributed by atoms with Gasteiger partial charge in [-0.2, -0.15) is 0 Å². The molecule has 0 fully saturated rings. The second kappa shape index (κ2) is 4.50. The normalized spacial score (nSPS) is 18.8. The van der Waals surface area contributed by atoms with E-state index in [1.807, 2.05) is 36.5 Å². The van der Waals surface area contributed by atoms with E-state index in [4.69, 9.17) is 4.42 Å². The molecule has 2 aromatic rings. The van der Waals surface area contributed by atoms with Crippen molar-refractivity contribution in [3.8, 4) is 0 Å². The van der Waals surface area contributed by atoms with E-state index in [1.165, 1.54) is 6.26 Å². The van der Waals surface area contributed by atoms with Crippen molar-refractivity contribution < 1.29 is 9.52 Å². The van der Waals surface area contributed by atoms with E-state index in [1.54, 1.807) is 23.2 Å². The average molecular weight is 240 g/mol. The second-order valence-electron chi connectivity index (χ2n) is 3.94. The van der Waals surface area contributed by atoms with Gasteiger partial charge >= 0.3 is 0 Å². The number of aromatic nitrogens is 1. The number of oxazole rings is 1. The number of aliphatic hydroxyl groups is 1. The summed E-state index contributed by atoms with van der Waals surface area (Å²) in [6, 6.07) is 9.67. The molecule has 2 heterocycles. The molecule has 90 valence electrons. The molecule has 1 atom stereocenters. The van der Waals surface area contributed by atoms with Crippen molar-refractivity contribution in [1.82, 2.24) is 4.98 Å². The minimum Gasteiger partial charge on any atom is -0.444 e. The van der Waals surface area contributed by atoms with Gasteiger partial charge in [-0.1, -0.05) is 18.2 Å². The molecule has 1 aliphatic rings. The van der Waals surface area contributed by atoms with Crippen LogP contribution in [0.5, 0.6) is 0 Å². The van der Waals surface area contributed by atoms with Crippen molar-refractivity contribution in [1.29, 1.82) is 0 Å². The summed E-state index contributed by atoms with van der Waals surface area (Å²) in [5.74, 6) is 0.541. The topological polar surface area (TPSA) is 49.5 Å². The molecule has 0 saturated heterocycles. The third-order valence-corrected chi connectivity index (χ3v) is 2.74. The van der Waals surface area contributed by atoms with Gasteiger partial charge in [0.25, 0.3) is 0 Å². The first kappa shape index (κ1) is 10.8. The molecule has 18 heavy (non-hydrogen) atoms. The van der Waals surface area contributed by atoms with Crippen LogP contribution in [0.2, 0.25) is 0 Å². The van der Waals surface area contributed by atoms with Crippen molar-refractivity contribution in [3.63, 3.8) is 0 Å². The van der Waals surface area contributed by atoms with E-state index >= 15 is 0 Å². The lowest BCUT2D eigenvalue weighted by molar-refractivity contribution is 0.227. The van der Waals surface area contributed by atoms with Gasteiger partial charge in [0, 0.05) is 11.9 Å². The number of nitrogens with zero attached hydrogens (tertiary/aromatic N) is 2. The Morgan fingerprint density at radius 3 is 2.78 bits per heavy atom. The monoisotopic (exact) mass is 240 g/mol. The zero-order chi connectivity index (χ0) is 12.4. The zero-order valence-corrected chi connectivity index (χ0v) is 9.60. The number of benzene rings is 1. The number of aliphatic hydroxyl groups excluding tert-OH is 1. The summed E-state index contributed by atoms with van der Waals surface area (Å²) < 4.78 is 5.25. The number of para-hydroxylation sites is 1. The lowest BCUT2D eigenvalue weighted by Crippen LogP contribution is -2.30. The predicted octanol–water partition coefficient (Wildman–Crippen LogP) is 2.41. The molecule has 0 bridgehead atoms. The molecule has 0 radical (unpaired) electrons. The summed E-state index contributed by atoms with van der Waals surface area (Å²) >= 11 is 0. The summed E-state index contributed by atoms with van der Waals surface area (Å²) in [5.41, 5.74) is 1.74. The molecule has 1 aromatic heterocycles. The van der Waals surface area contributed by atoms with Gasteiger partial charge in [0.05, 0.1) is 11.8 Å². The first-order valence-electron chi connectivity index (χ1n) is 5.66. The third-order valence-electron chi connectivity index (χ3n) is 2.74. The fourth-order valence-corrected chi connectivity index (χ4v) is 1.87. The van der Waals surface area contributed by atoms with Crippen LogP contribution in [0.1, 0.15) is 5.89 Å². The average Bonchev–Trinajstić information content (AvgIpc) is 2.94. The number of anilines is 1. The van der Waals surface area contributed by atoms with Crippen LogP contribution in [0.3, 0.4) is 0 Å². The molecule has 1 aromatic carbocycles. The van der Waals surface area contributed by atoms with Crippen LogP contribution >= 0.6 is 0 Å². The SMILES string of the molecule is OC1C=CC(c2ncco2)=CN1c1ccccc1. The van der Waals surface area contributed by atoms with E-state index in [0.29, 0.717) is 5.89 Å². The maximum absolute atomic E-state index is 9.98. The Balaban J connectivity index is 1.97. The molecule has 3 rings (SSSR count). The van der Waals surface area contributed by atoms with Crippen molar-refractivity contribution in [2.45, 2.75) is 6.23 Å². The van der Waals surface area contributed by atoms with Crippen LogP contribution in [0.15, 0.2) is 65.6 Å². The number of hydrogen-bond acceptors (Lipinski definition) is 4. The smallest absolute Gasteiger partial charge is 0.227 e. The van der Waals surface area contributed by atoms with Crippen molar-refractivity contribution in [2.75, 3.05) is 4.90 Å². The molecule has 0 spiro atoms. The van der Waals surface area contributed by atoms with Gasteiger partial charge in [0.15, 0.2) is 0 Å². The Morgan fingerprint density at radius 2 is 2.06 bits per heavy atom. The highest BCUT2D eigenvalue weighted by molar-refractivity contribution is 5.74. The fourth-order valence-electron chi connectivity index (χ4n) is 1.87. The largest absolute Gasteiger partial charge is 0.444 e. The summed E-state index contributed by atoms with van der Waals surface area (Å²) in [5, 5.41) is 9.98. The highest BCUT2D eigenvalue weighted by atomic mass is 16.3. The number of rotatable bonds is 2. The minimum absolute atomic E-state index is 0.541. The van der Waals surface area contributed by atoms with Crippen LogP contribution in [-0.2, 0) is 0 Å². The number of hydrogen-bond donors (Lipinski definition) is 1. The summed E-state index contributed by atoms with van der Waals surface area (Å²) in [6.07, 6.45) is 7.78. The fraction of sp³-hybridized carbons (Fsp3) is 0.0714. The molecule has 4 nitrogen and oxygen atoms in total. The molecule has 1 N–H and O–H groups in total. The Morgan fingerprint density at radius 1 is 1.22 bits per heavy atom. The van der Waals surface area contributed by atoms with E-state index in [9.17, 15) is 5.11 Å². The van der Waals surface area contributed by atoms with Crippen LogP contribution in [-0.4, -0.2) is 16.3 Å². The predicted molar refractivity (Wildman–Crippen MR) is 68.5 cm³/mol. The lowest BCUT2D eigenvalue weighted by Gasteiger charge is -2.27. The van der Waals surface area contributed by atoms with Gasteiger partial charge in [-0.15, -0.1) is 0 Å². The van der Waals surface area contributed by atoms with Gasteiger partial charge in [0.1, 0.15) is 12.5 Å². The van der Waals surface area contributed by atoms with E-state index < -0.39 is 6.23 Å². The Kier molecular flexibility index (Phi) is 2.70. The molecule has 0 saturated carbocycles. The molecule has 1 aliphatic heterocycles. The van der Waals surface area contributed by atoms with E-state index in [2.05, 4.69) is 4.98 Å². The number of allylic oxidation sites excluding steroid dienone is 2. The van der Waals surface area contributed by atoms with Crippen molar-refractivity contribution >= 4 is 11.3 Å². The maximum atomic E-state index is 9.98. The van der Waals surface area contributed by atoms with Gasteiger partial charge < -0.3 is 14.4 Å². The third kappa shape index (κ3) is 1.94. The molecule has 1 unspecified atom stereocenters. The molecular formula is C14H12N2O2. The first-order chi connectivity index (χ1) is 8.84. The zero-order valence-electron chi connectivity index (χ0n) is 9.60. The van der Waals surface area contributed by atoms with Gasteiger partial charge in [-0.3, -0.25) is 0 Å². The Hall–Kier alpha value is -2.33. The molecular weight excluding hydrogens is 228 g/mol. The summed E-state index contributed by atoms with van der Waals surface area (Å²) in [6.45, 7) is 0. The van der Waals surface area contributed by atoms with E-state index in [-0.39, 0.29) is 0 Å². The first-order valence-corrected chi connectivity index (χ1v) is 5.66. The van der Waals surface area contributed by atoms with Crippen LogP contribution in [0, 0.1) is 0 Å². The van der Waals surface area contributed by atoms with Crippen molar-refractivity contribution in [2.24, 2.45) is 0 Å². The second-order valence-corrected chi connectivity index (χ2v) is 3.94. The van der Waals surface area contributed by atoms with E-state index in [0.717, 1.165) is 11.3 Å². The van der Waals surface area contributed by atoms with Crippen LogP contribution in [0.25, 0.3) is 5.57 Å². The summed E-state index contributed by atoms with van der Waals surface area (Å²) in [4.78, 5) is 5.86. The van der Waals surface area contributed by atoms with Gasteiger partial charge in [-0.25, -0.2) is 4.98 Å². The quantitative estimate of drug-likeness (QED) is 0.875. The summed E-state index contributed by atoms with van der Waals surface area (Å²) in [7, 11) is 0.